The van der Waals surface area contributed by atoms with Crippen LogP contribution in [0, 0.1) is 17.2 Å². The molecule has 18 heteroatoms. The molecule has 5 rings (SSSR count). The first-order chi connectivity index (χ1) is 31.2. The molecular weight excluding hydrogens is 831 g/mol. The van der Waals surface area contributed by atoms with Crippen LogP contribution < -0.4 is 48.3 Å². The molecule has 2 fully saturated rings. The third-order valence-electron chi connectivity index (χ3n) is 12.1. The largest absolute Gasteiger partial charge is 0.370 e. The summed E-state index contributed by atoms with van der Waals surface area (Å²) in [5, 5.41) is 31.0. The van der Waals surface area contributed by atoms with Gasteiger partial charge in [0.15, 0.2) is 5.96 Å². The third kappa shape index (κ3) is 15.3. The van der Waals surface area contributed by atoms with Crippen molar-refractivity contribution in [2.24, 2.45) is 17.6 Å². The van der Waals surface area contributed by atoms with Crippen LogP contribution in [0.1, 0.15) is 96.1 Å². The van der Waals surface area contributed by atoms with Crippen LogP contribution in [0.3, 0.4) is 0 Å². The Morgan fingerprint density at radius 1 is 0.785 bits per heavy atom. The van der Waals surface area contributed by atoms with Crippen molar-refractivity contribution < 1.29 is 33.6 Å². The fourth-order valence-corrected chi connectivity index (χ4v) is 8.60. The van der Waals surface area contributed by atoms with E-state index in [1.807, 2.05) is 54.6 Å². The Labute approximate surface area is 380 Å². The highest BCUT2D eigenvalue weighted by atomic mass is 16.2. The highest BCUT2D eigenvalue weighted by molar-refractivity contribution is 5.97. The first-order valence-corrected chi connectivity index (χ1v) is 22.9. The summed E-state index contributed by atoms with van der Waals surface area (Å²) >= 11 is 0. The number of carbonyl (C=O) groups excluding carboxylic acids is 7. The maximum absolute atomic E-state index is 14.6. The maximum atomic E-state index is 14.6. The van der Waals surface area contributed by atoms with Gasteiger partial charge in [-0.1, -0.05) is 94.5 Å². The minimum atomic E-state index is -1.20. The summed E-state index contributed by atoms with van der Waals surface area (Å²) in [5.41, 5.74) is 7.87. The summed E-state index contributed by atoms with van der Waals surface area (Å²) in [6.45, 7) is 5.12. The van der Waals surface area contributed by atoms with E-state index in [0.717, 1.165) is 54.1 Å². The Morgan fingerprint density at radius 2 is 1.46 bits per heavy atom. The number of nitrogens with two attached hydrogens (primary N) is 1. The Hall–Kier alpha value is -6.46. The molecule has 2 aliphatic rings. The zero-order valence-electron chi connectivity index (χ0n) is 37.7. The Kier molecular flexibility index (Phi) is 18.7. The molecule has 352 valence electrons. The minimum absolute atomic E-state index is 0.0291. The van der Waals surface area contributed by atoms with E-state index in [9.17, 15) is 33.6 Å². The predicted molar refractivity (Wildman–Crippen MR) is 247 cm³/mol. The monoisotopic (exact) mass is 898 g/mol. The highest BCUT2D eigenvalue weighted by Crippen LogP contribution is 2.28. The van der Waals surface area contributed by atoms with Crippen molar-refractivity contribution in [1.29, 1.82) is 5.41 Å². The molecule has 1 saturated carbocycles. The van der Waals surface area contributed by atoms with Gasteiger partial charge in [0.05, 0.1) is 0 Å². The van der Waals surface area contributed by atoms with Crippen LogP contribution in [0.4, 0.5) is 0 Å². The van der Waals surface area contributed by atoms with Crippen molar-refractivity contribution in [1.82, 2.24) is 47.5 Å². The second kappa shape index (κ2) is 24.6. The third-order valence-corrected chi connectivity index (χ3v) is 12.1. The van der Waals surface area contributed by atoms with Gasteiger partial charge in [-0.15, -0.1) is 0 Å². The van der Waals surface area contributed by atoms with E-state index >= 15 is 0 Å². The number of para-hydroxylation sites is 1. The summed E-state index contributed by atoms with van der Waals surface area (Å²) in [4.78, 5) is 101. The molecular formula is C47H67N11O7. The quantitative estimate of drug-likeness (QED) is 0.0637. The van der Waals surface area contributed by atoms with E-state index in [4.69, 9.17) is 11.1 Å². The van der Waals surface area contributed by atoms with Crippen molar-refractivity contribution in [2.45, 2.75) is 134 Å². The average Bonchev–Trinajstić information content (AvgIpc) is 3.69. The summed E-state index contributed by atoms with van der Waals surface area (Å²) in [6.07, 6.45) is 7.78. The molecule has 1 saturated heterocycles. The molecule has 0 spiro atoms. The molecule has 65 heavy (non-hydrogen) atoms. The first-order valence-electron chi connectivity index (χ1n) is 22.9. The lowest BCUT2D eigenvalue weighted by molar-refractivity contribution is -0.136. The molecule has 0 bridgehead atoms. The van der Waals surface area contributed by atoms with E-state index in [1.165, 1.54) is 6.92 Å². The summed E-state index contributed by atoms with van der Waals surface area (Å²) in [7, 11) is 0. The topological polar surface area (TPSA) is 281 Å². The smallest absolute Gasteiger partial charge is 0.243 e. The lowest BCUT2D eigenvalue weighted by Crippen LogP contribution is -2.61. The highest BCUT2D eigenvalue weighted by Gasteiger charge is 2.36. The number of amides is 7. The second-order valence-electron chi connectivity index (χ2n) is 17.6. The van der Waals surface area contributed by atoms with Gasteiger partial charge < -0.3 is 53.3 Å². The van der Waals surface area contributed by atoms with E-state index in [1.54, 1.807) is 20.0 Å². The van der Waals surface area contributed by atoms with Crippen LogP contribution in [0.2, 0.25) is 0 Å². The van der Waals surface area contributed by atoms with Crippen LogP contribution in [0.25, 0.3) is 10.9 Å². The van der Waals surface area contributed by atoms with Gasteiger partial charge in [0.1, 0.15) is 36.3 Å². The first kappa shape index (κ1) is 49.6. The van der Waals surface area contributed by atoms with Crippen molar-refractivity contribution >= 4 is 58.2 Å². The molecule has 3 aromatic rings. The molecule has 2 heterocycles. The van der Waals surface area contributed by atoms with Gasteiger partial charge in [-0.25, -0.2) is 0 Å². The van der Waals surface area contributed by atoms with E-state index in [2.05, 4.69) is 47.5 Å². The number of guanidine groups is 1. The van der Waals surface area contributed by atoms with Crippen LogP contribution in [0.15, 0.2) is 60.8 Å². The Balaban J connectivity index is 1.47. The number of aromatic nitrogens is 1. The number of aromatic amines is 1. The molecule has 18 nitrogen and oxygen atoms in total. The van der Waals surface area contributed by atoms with Gasteiger partial charge >= 0.3 is 0 Å². The number of H-pyrrole nitrogens is 1. The molecule has 1 aromatic heterocycles. The van der Waals surface area contributed by atoms with Crippen LogP contribution in [-0.2, 0) is 46.4 Å². The lowest BCUT2D eigenvalue weighted by atomic mass is 9.84. The number of fused-ring (bicyclic) bond motifs is 1. The van der Waals surface area contributed by atoms with Crippen molar-refractivity contribution in [3.8, 4) is 0 Å². The van der Waals surface area contributed by atoms with Crippen LogP contribution >= 0.6 is 0 Å². The number of benzene rings is 2. The fraction of sp³-hybridized carbons (Fsp3) is 0.532. The zero-order valence-corrected chi connectivity index (χ0v) is 37.7. The van der Waals surface area contributed by atoms with Crippen LogP contribution in [0.5, 0.6) is 0 Å². The number of carbonyl (C=O) groups is 7. The zero-order chi connectivity index (χ0) is 46.9. The van der Waals surface area contributed by atoms with Gasteiger partial charge in [0, 0.05) is 50.0 Å². The van der Waals surface area contributed by atoms with Crippen molar-refractivity contribution in [3.05, 3.63) is 71.9 Å². The molecule has 7 amide bonds. The molecule has 12 N–H and O–H groups in total. The van der Waals surface area contributed by atoms with Crippen molar-refractivity contribution in [3.63, 3.8) is 0 Å². The van der Waals surface area contributed by atoms with Crippen molar-refractivity contribution in [2.75, 3.05) is 13.1 Å². The number of hydrogen-bond acceptors (Lipinski definition) is 8. The number of nitrogens with one attached hydrogen (secondary N) is 10. The molecule has 2 aromatic carbocycles. The van der Waals surface area contributed by atoms with Gasteiger partial charge in [0.25, 0.3) is 0 Å². The minimum Gasteiger partial charge on any atom is -0.370 e. The molecule has 6 atom stereocenters. The van der Waals surface area contributed by atoms with Gasteiger partial charge in [-0.2, -0.15) is 0 Å². The van der Waals surface area contributed by atoms with Gasteiger partial charge in [0.2, 0.25) is 41.4 Å². The maximum Gasteiger partial charge on any atom is 0.243 e. The van der Waals surface area contributed by atoms with E-state index < -0.39 is 83.5 Å². The predicted octanol–water partition coefficient (Wildman–Crippen LogP) is 1.68. The molecule has 1 aliphatic carbocycles. The van der Waals surface area contributed by atoms with E-state index in [0.29, 0.717) is 12.8 Å². The molecule has 1 aliphatic heterocycles. The molecule has 0 unspecified atom stereocenters. The average molecular weight is 898 g/mol. The van der Waals surface area contributed by atoms with Gasteiger partial charge in [-0.05, 0) is 61.1 Å². The SMILES string of the molecule is CC(=O)N[C@@H](Cc1ccccc1)C(=O)N[C@H]1CCCNC(=O)[C@H](CCCNC(=N)N)NC(=O)[C@H](Cc2c[nH]c3ccccc23)NC(=O)[C@@H](CC2CCCCC2)NC(=O)[C@H](C(C)C)NC1=O. The summed E-state index contributed by atoms with van der Waals surface area (Å²) < 4.78 is 0. The number of rotatable bonds is 14. The standard InChI is InChI=1S/C47H67N11O7/c1-28(2)40-46(65)57-38(25-31-16-8-5-9-17-31)44(63)56-39(26-32-27-52-34-19-11-10-18-33(32)34)45(64)54-35(20-13-23-51-47(48)49)41(60)50-22-12-21-36(42(61)58-40)55-43(62)37(53-29(3)59)24-30-14-6-4-7-15-30/h4,6-7,10-11,14-15,18-19,27-28,31,35-40,52H,5,8-9,12-13,16-17,20-26H2,1-3H3,(H,50,60)(H,53,59)(H,54,64)(H,55,62)(H,56,63)(H,57,65)(H,58,61)(H4,48,49,51)/t35-,36-,37-,38+,39-,40-/m0/s1. The summed E-state index contributed by atoms with van der Waals surface area (Å²) in [6, 6.07) is 10.0. The van der Waals surface area contributed by atoms with Crippen LogP contribution in [-0.4, -0.2) is 102 Å². The van der Waals surface area contributed by atoms with E-state index in [-0.39, 0.29) is 57.1 Å². The normalized spacial score (nSPS) is 22.5. The lowest BCUT2D eigenvalue weighted by Gasteiger charge is -2.31. The number of hydrogen-bond donors (Lipinski definition) is 11. The molecule has 0 radical (unpaired) electrons. The summed E-state index contributed by atoms with van der Waals surface area (Å²) in [5.74, 6) is -4.59. The Bertz CT molecular complexity index is 2120. The Morgan fingerprint density at radius 3 is 2.17 bits per heavy atom. The fourth-order valence-electron chi connectivity index (χ4n) is 8.60. The van der Waals surface area contributed by atoms with Gasteiger partial charge in [-0.3, -0.25) is 39.0 Å². The second-order valence-corrected chi connectivity index (χ2v) is 17.6.